The van der Waals surface area contributed by atoms with E-state index < -0.39 is 18.1 Å². The molecule has 0 aromatic heterocycles. The topological polar surface area (TPSA) is 65.2 Å². The number of amides is 2. The van der Waals surface area contributed by atoms with E-state index in [-0.39, 0.29) is 6.54 Å². The van der Waals surface area contributed by atoms with Gasteiger partial charge in [0.05, 0.1) is 6.61 Å². The zero-order valence-corrected chi connectivity index (χ0v) is 16.2. The molecular weight excluding hydrogens is 380 g/mol. The lowest BCUT2D eigenvalue weighted by Gasteiger charge is -2.27. The van der Waals surface area contributed by atoms with Crippen molar-refractivity contribution in [1.82, 2.24) is 4.90 Å². The van der Waals surface area contributed by atoms with Crippen molar-refractivity contribution in [3.8, 4) is 5.75 Å². The summed E-state index contributed by atoms with van der Waals surface area (Å²) < 4.78 is 6.73. The second kappa shape index (κ2) is 7.59. The summed E-state index contributed by atoms with van der Waals surface area (Å²) in [6.07, 6.45) is -0.532. The molecule has 7 nitrogen and oxygen atoms in total. The third-order valence-corrected chi connectivity index (χ3v) is 5.04. The summed E-state index contributed by atoms with van der Waals surface area (Å²) >= 11 is 5.92. The van der Waals surface area contributed by atoms with E-state index in [0.717, 1.165) is 17.0 Å². The highest BCUT2D eigenvalue weighted by atomic mass is 35.5. The fourth-order valence-electron chi connectivity index (χ4n) is 3.39. The maximum Gasteiger partial charge on any atom is 0.502 e. The van der Waals surface area contributed by atoms with Crippen LogP contribution in [-0.2, 0) is 16.1 Å². The van der Waals surface area contributed by atoms with Crippen LogP contribution in [-0.4, -0.2) is 47.4 Å². The Morgan fingerprint density at radius 2 is 1.75 bits per heavy atom. The first-order valence-corrected chi connectivity index (χ1v) is 9.52. The van der Waals surface area contributed by atoms with Crippen molar-refractivity contribution >= 4 is 29.1 Å². The van der Waals surface area contributed by atoms with Gasteiger partial charge in [-0.3, -0.25) is 9.69 Å². The van der Waals surface area contributed by atoms with Crippen LogP contribution < -0.4 is 9.64 Å². The third kappa shape index (κ3) is 3.45. The van der Waals surface area contributed by atoms with Crippen molar-refractivity contribution in [2.75, 3.05) is 24.6 Å². The van der Waals surface area contributed by atoms with Gasteiger partial charge >= 0.3 is 11.8 Å². The molecule has 8 heteroatoms. The third-order valence-electron chi connectivity index (χ3n) is 4.79. The summed E-state index contributed by atoms with van der Waals surface area (Å²) in [5, 5.41) is 5.18. The minimum Gasteiger partial charge on any atom is -0.494 e. The van der Waals surface area contributed by atoms with E-state index in [4.69, 9.17) is 16.3 Å². The number of hydrogen-bond acceptors (Lipinski definition) is 5. The van der Waals surface area contributed by atoms with Gasteiger partial charge in [-0.25, -0.2) is 4.79 Å². The Morgan fingerprint density at radius 1 is 1.07 bits per heavy atom. The van der Waals surface area contributed by atoms with Crippen LogP contribution in [0, 0.1) is 0 Å². The molecular formula is C20H20ClN4O3+. The van der Waals surface area contributed by atoms with Crippen molar-refractivity contribution in [3.63, 3.8) is 0 Å². The van der Waals surface area contributed by atoms with Crippen molar-refractivity contribution in [2.45, 2.75) is 19.8 Å². The molecule has 2 aliphatic heterocycles. The number of halogens is 1. The Hall–Kier alpha value is -2.93. The van der Waals surface area contributed by atoms with Crippen LogP contribution >= 0.6 is 11.6 Å². The van der Waals surface area contributed by atoms with E-state index in [1.807, 2.05) is 48.2 Å². The lowest BCUT2D eigenvalue weighted by atomic mass is 10.2. The quantitative estimate of drug-likeness (QED) is 0.573. The van der Waals surface area contributed by atoms with Gasteiger partial charge in [0.2, 0.25) is 6.54 Å². The van der Waals surface area contributed by atoms with Gasteiger partial charge in [-0.05, 0) is 48.0 Å². The lowest BCUT2D eigenvalue weighted by Crippen LogP contribution is -2.51. The maximum absolute atomic E-state index is 12.6. The highest BCUT2D eigenvalue weighted by Gasteiger charge is 2.49. The minimum atomic E-state index is -0.611. The van der Waals surface area contributed by atoms with Gasteiger partial charge in [-0.2, -0.15) is 0 Å². The lowest BCUT2D eigenvalue weighted by molar-refractivity contribution is -0.534. The summed E-state index contributed by atoms with van der Waals surface area (Å²) in [7, 11) is 0. The SMILES string of the molecule is CCOc1ccc(N2CCN3C(=O)C(=O)[N+](Cc4ccc(Cl)cc4)=NC32)cc1. The van der Waals surface area contributed by atoms with E-state index in [1.165, 1.54) is 9.60 Å². The first-order chi connectivity index (χ1) is 13.6. The molecule has 144 valence electrons. The van der Waals surface area contributed by atoms with Gasteiger partial charge in [0.25, 0.3) is 6.29 Å². The summed E-state index contributed by atoms with van der Waals surface area (Å²) in [5.41, 5.74) is 1.78. The van der Waals surface area contributed by atoms with E-state index in [2.05, 4.69) is 5.11 Å². The molecule has 0 bridgehead atoms. The van der Waals surface area contributed by atoms with Crippen molar-refractivity contribution in [3.05, 3.63) is 59.1 Å². The summed E-state index contributed by atoms with van der Waals surface area (Å²) in [4.78, 5) is 28.6. The van der Waals surface area contributed by atoms with Gasteiger partial charge < -0.3 is 9.64 Å². The van der Waals surface area contributed by atoms with Crippen LogP contribution in [0.25, 0.3) is 0 Å². The Labute approximate surface area is 167 Å². The molecule has 2 aromatic rings. The number of nitrogens with zero attached hydrogens (tertiary/aromatic N) is 4. The molecule has 0 aliphatic carbocycles. The van der Waals surface area contributed by atoms with Crippen LogP contribution in [0.4, 0.5) is 5.69 Å². The smallest absolute Gasteiger partial charge is 0.494 e. The zero-order chi connectivity index (χ0) is 19.7. The predicted molar refractivity (Wildman–Crippen MR) is 103 cm³/mol. The fourth-order valence-corrected chi connectivity index (χ4v) is 3.52. The van der Waals surface area contributed by atoms with Crippen LogP contribution in [0.1, 0.15) is 12.5 Å². The second-order valence-electron chi connectivity index (χ2n) is 6.57. The first kappa shape index (κ1) is 18.4. The Balaban J connectivity index is 1.61. The largest absolute Gasteiger partial charge is 0.502 e. The highest BCUT2D eigenvalue weighted by Crippen LogP contribution is 2.28. The number of hydrogen-bond donors (Lipinski definition) is 0. The monoisotopic (exact) mass is 399 g/mol. The van der Waals surface area contributed by atoms with Crippen molar-refractivity contribution in [1.29, 1.82) is 0 Å². The molecule has 0 N–H and O–H groups in total. The molecule has 0 saturated carbocycles. The van der Waals surface area contributed by atoms with Crippen molar-refractivity contribution in [2.24, 2.45) is 5.11 Å². The number of benzene rings is 2. The second-order valence-corrected chi connectivity index (χ2v) is 7.01. The standard InChI is InChI=1S/C20H20ClN4O3/c1-2-28-17-9-7-16(8-10-17)23-11-12-24-18(26)19(27)25(22-20(23)24)13-14-3-5-15(21)6-4-14/h3-10,20H,2,11-13H2,1H3/q+1. The van der Waals surface area contributed by atoms with Crippen LogP contribution in [0.15, 0.2) is 53.6 Å². The summed E-state index contributed by atoms with van der Waals surface area (Å²) in [6, 6.07) is 14.8. The van der Waals surface area contributed by atoms with Gasteiger partial charge in [0.15, 0.2) is 0 Å². The highest BCUT2D eigenvalue weighted by molar-refractivity contribution is 6.31. The molecule has 2 aliphatic rings. The van der Waals surface area contributed by atoms with E-state index >= 15 is 0 Å². The van der Waals surface area contributed by atoms with Crippen LogP contribution in [0.5, 0.6) is 5.75 Å². The van der Waals surface area contributed by atoms with Gasteiger partial charge in [-0.1, -0.05) is 23.7 Å². The van der Waals surface area contributed by atoms with Gasteiger partial charge in [0, 0.05) is 34.5 Å². The predicted octanol–water partition coefficient (Wildman–Crippen LogP) is 2.88. The normalized spacial score (nSPS) is 18.9. The molecule has 1 unspecified atom stereocenters. The number of ether oxygens (including phenoxy) is 1. The molecule has 1 atom stereocenters. The molecule has 28 heavy (non-hydrogen) atoms. The number of azo groups is 2. The molecule has 2 aromatic carbocycles. The Morgan fingerprint density at radius 3 is 2.43 bits per heavy atom. The Bertz CT molecular complexity index is 927. The average molecular weight is 400 g/mol. The summed E-state index contributed by atoms with van der Waals surface area (Å²) in [5.74, 6) is -0.347. The van der Waals surface area contributed by atoms with Gasteiger partial charge in [-0.15, -0.1) is 0 Å². The molecule has 2 amide bonds. The number of rotatable bonds is 5. The zero-order valence-electron chi connectivity index (χ0n) is 15.4. The number of carbonyl (C=O) groups is 2. The molecule has 1 fully saturated rings. The van der Waals surface area contributed by atoms with E-state index in [9.17, 15) is 9.59 Å². The molecule has 1 saturated heterocycles. The molecule has 0 spiro atoms. The fraction of sp³-hybridized carbons (Fsp3) is 0.300. The van der Waals surface area contributed by atoms with Crippen LogP contribution in [0.2, 0.25) is 5.02 Å². The molecule has 4 rings (SSSR count). The van der Waals surface area contributed by atoms with E-state index in [0.29, 0.717) is 24.7 Å². The maximum atomic E-state index is 12.6. The number of carbonyl (C=O) groups excluding carboxylic acids is 2. The Kier molecular flexibility index (Phi) is 5.00. The van der Waals surface area contributed by atoms with Crippen LogP contribution in [0.3, 0.4) is 0 Å². The van der Waals surface area contributed by atoms with E-state index in [1.54, 1.807) is 12.1 Å². The average Bonchev–Trinajstić information content (AvgIpc) is 3.12. The minimum absolute atomic E-state index is 0.225. The first-order valence-electron chi connectivity index (χ1n) is 9.14. The van der Waals surface area contributed by atoms with Crippen molar-refractivity contribution < 1.29 is 19.0 Å². The number of anilines is 1. The summed E-state index contributed by atoms with van der Waals surface area (Å²) in [6.45, 7) is 3.83. The number of fused-ring (bicyclic) bond motifs is 1. The van der Waals surface area contributed by atoms with Gasteiger partial charge in [0.1, 0.15) is 5.75 Å². The molecule has 0 radical (unpaired) electrons. The molecule has 2 heterocycles.